The molecule has 2 unspecified atom stereocenters. The second-order valence-electron chi connectivity index (χ2n) is 8.83. The summed E-state index contributed by atoms with van der Waals surface area (Å²) in [4.78, 5) is 6.07. The molecule has 0 amide bonds. The molecule has 2 aliphatic rings. The minimum absolute atomic E-state index is 0.0220. The van der Waals surface area contributed by atoms with Crippen molar-refractivity contribution in [2.75, 3.05) is 0 Å². The van der Waals surface area contributed by atoms with Gasteiger partial charge in [-0.2, -0.15) is 0 Å². The zero-order valence-electron chi connectivity index (χ0n) is 13.7. The molecular weight excluding hydrogens is 234 g/mol. The highest BCUT2D eigenvalue weighted by Crippen LogP contribution is 2.48. The van der Waals surface area contributed by atoms with Crippen molar-refractivity contribution in [1.82, 2.24) is 0 Å². The normalized spacial score (nSPS) is 32.3. The van der Waals surface area contributed by atoms with E-state index in [4.69, 9.17) is 4.84 Å². The molecule has 1 fully saturated rings. The molecule has 0 aromatic carbocycles. The lowest BCUT2D eigenvalue weighted by molar-refractivity contribution is -0.0965. The zero-order valence-corrected chi connectivity index (χ0v) is 13.7. The van der Waals surface area contributed by atoms with E-state index in [1.165, 1.54) is 37.8 Å². The molecule has 2 atom stereocenters. The lowest BCUT2D eigenvalue weighted by atomic mass is 9.66. The molecule has 0 radical (unpaired) electrons. The topological polar surface area (TPSA) is 21.6 Å². The fraction of sp³-hybridized carbons (Fsp3) is 0.941. The first kappa shape index (κ1) is 14.9. The summed E-state index contributed by atoms with van der Waals surface area (Å²) in [5.74, 6) is 0.671. The summed E-state index contributed by atoms with van der Waals surface area (Å²) in [5.41, 5.74) is 1.80. The molecule has 1 spiro atoms. The third-order valence-electron chi connectivity index (χ3n) is 4.68. The van der Waals surface area contributed by atoms with E-state index in [9.17, 15) is 0 Å². The summed E-state index contributed by atoms with van der Waals surface area (Å²) in [6.07, 6.45) is 7.46. The van der Waals surface area contributed by atoms with Crippen LogP contribution in [0.4, 0.5) is 0 Å². The van der Waals surface area contributed by atoms with Crippen LogP contribution in [-0.4, -0.2) is 11.3 Å². The molecule has 2 nitrogen and oxygen atoms in total. The average molecular weight is 265 g/mol. The van der Waals surface area contributed by atoms with Gasteiger partial charge in [0.2, 0.25) is 0 Å². The van der Waals surface area contributed by atoms with Gasteiger partial charge in [-0.15, -0.1) is 0 Å². The minimum atomic E-state index is 0.0220. The molecule has 1 heterocycles. The Hall–Kier alpha value is -0.530. The Morgan fingerprint density at radius 2 is 1.84 bits per heavy atom. The van der Waals surface area contributed by atoms with Crippen LogP contribution in [0.2, 0.25) is 0 Å². The molecule has 2 rings (SSSR count). The van der Waals surface area contributed by atoms with Crippen molar-refractivity contribution in [1.29, 1.82) is 0 Å². The first-order valence-corrected chi connectivity index (χ1v) is 7.88. The zero-order chi connectivity index (χ0) is 14.3. The molecule has 110 valence electrons. The average Bonchev–Trinajstić information content (AvgIpc) is 2.65. The van der Waals surface area contributed by atoms with Gasteiger partial charge < -0.3 is 4.84 Å². The maximum atomic E-state index is 6.07. The molecule has 19 heavy (non-hydrogen) atoms. The molecule has 0 bridgehead atoms. The van der Waals surface area contributed by atoms with Gasteiger partial charge in [0.05, 0.1) is 5.71 Å². The standard InChI is InChI=1S/C17H31NO/c1-15(2,3)11-13-9-7-8-10-17(13)12-14(18-19-17)16(4,5)6/h13H,7-12H2,1-6H3. The third-order valence-corrected chi connectivity index (χ3v) is 4.68. The molecule has 1 aliphatic carbocycles. The van der Waals surface area contributed by atoms with Crippen molar-refractivity contribution in [3.63, 3.8) is 0 Å². The van der Waals surface area contributed by atoms with Gasteiger partial charge in [-0.3, -0.25) is 0 Å². The Labute approximate surface area is 119 Å². The van der Waals surface area contributed by atoms with Crippen LogP contribution in [0.15, 0.2) is 5.16 Å². The van der Waals surface area contributed by atoms with E-state index in [0.717, 1.165) is 6.42 Å². The number of nitrogens with zero attached hydrogens (tertiary/aromatic N) is 1. The quantitative estimate of drug-likeness (QED) is 0.640. The van der Waals surface area contributed by atoms with Gasteiger partial charge in [0.1, 0.15) is 5.60 Å². The van der Waals surface area contributed by atoms with Crippen molar-refractivity contribution in [3.8, 4) is 0 Å². The van der Waals surface area contributed by atoms with Crippen molar-refractivity contribution in [2.45, 2.75) is 85.7 Å². The van der Waals surface area contributed by atoms with Gasteiger partial charge in [0.25, 0.3) is 0 Å². The van der Waals surface area contributed by atoms with Crippen molar-refractivity contribution < 1.29 is 4.84 Å². The largest absolute Gasteiger partial charge is 0.389 e. The minimum Gasteiger partial charge on any atom is -0.389 e. The molecule has 1 aliphatic heterocycles. The number of hydrogen-bond acceptors (Lipinski definition) is 2. The first-order valence-electron chi connectivity index (χ1n) is 7.88. The van der Waals surface area contributed by atoms with Crippen LogP contribution in [0.1, 0.15) is 80.1 Å². The lowest BCUT2D eigenvalue weighted by Gasteiger charge is -2.42. The van der Waals surface area contributed by atoms with E-state index in [0.29, 0.717) is 11.3 Å². The highest BCUT2D eigenvalue weighted by Gasteiger charge is 2.49. The van der Waals surface area contributed by atoms with E-state index in [1.807, 2.05) is 0 Å². The summed E-state index contributed by atoms with van der Waals surface area (Å²) in [6, 6.07) is 0. The Bertz CT molecular complexity index is 358. The van der Waals surface area contributed by atoms with E-state index in [2.05, 4.69) is 46.7 Å². The van der Waals surface area contributed by atoms with Crippen LogP contribution >= 0.6 is 0 Å². The Morgan fingerprint density at radius 3 is 2.37 bits per heavy atom. The monoisotopic (exact) mass is 265 g/mol. The van der Waals surface area contributed by atoms with Gasteiger partial charge in [0, 0.05) is 17.8 Å². The molecular formula is C17H31NO. The van der Waals surface area contributed by atoms with Crippen LogP contribution in [0.3, 0.4) is 0 Å². The Kier molecular flexibility index (Phi) is 3.75. The fourth-order valence-corrected chi connectivity index (χ4v) is 3.56. The second kappa shape index (κ2) is 4.79. The molecule has 0 aromatic heterocycles. The molecule has 1 saturated carbocycles. The van der Waals surface area contributed by atoms with Crippen molar-refractivity contribution in [3.05, 3.63) is 0 Å². The summed E-state index contributed by atoms with van der Waals surface area (Å²) in [6.45, 7) is 13.8. The van der Waals surface area contributed by atoms with Crippen LogP contribution in [-0.2, 0) is 4.84 Å². The van der Waals surface area contributed by atoms with Crippen LogP contribution < -0.4 is 0 Å². The second-order valence-corrected chi connectivity index (χ2v) is 8.83. The van der Waals surface area contributed by atoms with Crippen molar-refractivity contribution >= 4 is 5.71 Å². The van der Waals surface area contributed by atoms with E-state index >= 15 is 0 Å². The van der Waals surface area contributed by atoms with Crippen LogP contribution in [0.5, 0.6) is 0 Å². The highest BCUT2D eigenvalue weighted by molar-refractivity contribution is 5.90. The smallest absolute Gasteiger partial charge is 0.145 e. The molecule has 0 N–H and O–H groups in total. The summed E-state index contributed by atoms with van der Waals surface area (Å²) < 4.78 is 0. The van der Waals surface area contributed by atoms with Gasteiger partial charge in [-0.25, -0.2) is 0 Å². The number of oxime groups is 1. The van der Waals surface area contributed by atoms with E-state index in [-0.39, 0.29) is 11.0 Å². The predicted molar refractivity (Wildman–Crippen MR) is 81.4 cm³/mol. The van der Waals surface area contributed by atoms with Crippen molar-refractivity contribution in [2.24, 2.45) is 21.9 Å². The Balaban J connectivity index is 2.13. The molecule has 2 heteroatoms. The SMILES string of the molecule is CC(C)(C)CC1CCCCC12CC(C(C)(C)C)=NO2. The van der Waals surface area contributed by atoms with Gasteiger partial charge in [0.15, 0.2) is 0 Å². The van der Waals surface area contributed by atoms with Crippen LogP contribution in [0, 0.1) is 16.7 Å². The van der Waals surface area contributed by atoms with E-state index in [1.54, 1.807) is 0 Å². The third kappa shape index (κ3) is 3.32. The van der Waals surface area contributed by atoms with E-state index < -0.39 is 0 Å². The van der Waals surface area contributed by atoms with Gasteiger partial charge >= 0.3 is 0 Å². The van der Waals surface area contributed by atoms with Gasteiger partial charge in [-0.05, 0) is 31.1 Å². The lowest BCUT2D eigenvalue weighted by Crippen LogP contribution is -2.43. The molecule has 0 saturated heterocycles. The maximum Gasteiger partial charge on any atom is 0.145 e. The summed E-state index contributed by atoms with van der Waals surface area (Å²) >= 11 is 0. The summed E-state index contributed by atoms with van der Waals surface area (Å²) in [7, 11) is 0. The predicted octanol–water partition coefficient (Wildman–Crippen LogP) is 5.17. The number of hydrogen-bond donors (Lipinski definition) is 0. The summed E-state index contributed by atoms with van der Waals surface area (Å²) in [5, 5.41) is 4.48. The first-order chi connectivity index (χ1) is 8.62. The van der Waals surface area contributed by atoms with Crippen LogP contribution in [0.25, 0.3) is 0 Å². The number of rotatable bonds is 1. The molecule has 0 aromatic rings. The highest BCUT2D eigenvalue weighted by atomic mass is 16.7. The maximum absolute atomic E-state index is 6.07. The van der Waals surface area contributed by atoms with Gasteiger partial charge in [-0.1, -0.05) is 53.1 Å². The Morgan fingerprint density at radius 1 is 1.16 bits per heavy atom. The fourth-order valence-electron chi connectivity index (χ4n) is 3.56.